The summed E-state index contributed by atoms with van der Waals surface area (Å²) in [5.74, 6) is 0.0400. The van der Waals surface area contributed by atoms with Gasteiger partial charge in [-0.1, -0.05) is 35.3 Å². The lowest BCUT2D eigenvalue weighted by molar-refractivity contribution is 0.293. The van der Waals surface area contributed by atoms with Gasteiger partial charge in [0.05, 0.1) is 10.0 Å². The Morgan fingerprint density at radius 1 is 1.00 bits per heavy atom. The van der Waals surface area contributed by atoms with Crippen LogP contribution in [0.2, 0.25) is 10.0 Å². The highest BCUT2D eigenvalue weighted by molar-refractivity contribution is 6.42. The maximum Gasteiger partial charge on any atom is 0.123 e. The fraction of sp³-hybridized carbons (Fsp3) is 0.294. The second kappa shape index (κ2) is 5.60. The molecule has 0 unspecified atom stereocenters. The molecule has 0 amide bonds. The summed E-state index contributed by atoms with van der Waals surface area (Å²) >= 11 is 12.1. The average Bonchev–Trinajstić information content (AvgIpc) is 2.80. The minimum atomic E-state index is -0.185. The van der Waals surface area contributed by atoms with Crippen LogP contribution in [0.3, 0.4) is 0 Å². The third-order valence-corrected chi connectivity index (χ3v) is 4.95. The fourth-order valence-electron chi connectivity index (χ4n) is 3.16. The van der Waals surface area contributed by atoms with Crippen LogP contribution in [-0.4, -0.2) is 19.0 Å². The molecule has 4 heteroatoms. The van der Waals surface area contributed by atoms with Gasteiger partial charge in [-0.25, -0.2) is 4.39 Å². The zero-order valence-corrected chi connectivity index (χ0v) is 13.4. The van der Waals surface area contributed by atoms with Crippen molar-refractivity contribution in [3.63, 3.8) is 0 Å². The lowest BCUT2D eigenvalue weighted by Gasteiger charge is -2.20. The molecule has 0 saturated carbocycles. The average molecular weight is 324 g/mol. The lowest BCUT2D eigenvalue weighted by Crippen LogP contribution is -2.17. The van der Waals surface area contributed by atoms with E-state index < -0.39 is 0 Å². The number of rotatable bonds is 2. The molecule has 1 aliphatic carbocycles. The van der Waals surface area contributed by atoms with Crippen LogP contribution in [0.25, 0.3) is 0 Å². The zero-order chi connectivity index (χ0) is 15.1. The first kappa shape index (κ1) is 14.8. The summed E-state index contributed by atoms with van der Waals surface area (Å²) in [6.45, 7) is 0. The van der Waals surface area contributed by atoms with E-state index in [4.69, 9.17) is 23.2 Å². The molecule has 21 heavy (non-hydrogen) atoms. The molecule has 1 aliphatic rings. The molecule has 2 aromatic rings. The number of hydrogen-bond donors (Lipinski definition) is 0. The number of halogens is 3. The van der Waals surface area contributed by atoms with Gasteiger partial charge in [0.2, 0.25) is 0 Å². The first-order chi connectivity index (χ1) is 9.97. The molecule has 2 aromatic carbocycles. The van der Waals surface area contributed by atoms with Crippen LogP contribution < -0.4 is 0 Å². The topological polar surface area (TPSA) is 3.24 Å². The van der Waals surface area contributed by atoms with Gasteiger partial charge < -0.3 is 4.90 Å². The Morgan fingerprint density at radius 3 is 2.43 bits per heavy atom. The minimum Gasteiger partial charge on any atom is -0.302 e. The molecule has 0 heterocycles. The molecule has 1 nitrogen and oxygen atoms in total. The summed E-state index contributed by atoms with van der Waals surface area (Å²) < 4.78 is 13.6. The Morgan fingerprint density at radius 2 is 1.76 bits per heavy atom. The van der Waals surface area contributed by atoms with Crippen LogP contribution in [-0.2, 0) is 0 Å². The summed E-state index contributed by atoms with van der Waals surface area (Å²) in [7, 11) is 4.05. The predicted molar refractivity (Wildman–Crippen MR) is 85.8 cm³/mol. The molecule has 0 aliphatic heterocycles. The van der Waals surface area contributed by atoms with Gasteiger partial charge in [0, 0.05) is 12.0 Å². The fourth-order valence-corrected chi connectivity index (χ4v) is 3.47. The summed E-state index contributed by atoms with van der Waals surface area (Å²) in [5.41, 5.74) is 3.37. The SMILES string of the molecule is CN(C)[C@H]1C[C@@H](c2ccc(Cl)c(Cl)c2)c2ccc(F)cc21. The van der Waals surface area contributed by atoms with E-state index in [9.17, 15) is 4.39 Å². The second-order valence-corrected chi connectivity index (χ2v) is 6.53. The van der Waals surface area contributed by atoms with Crippen molar-refractivity contribution >= 4 is 23.2 Å². The van der Waals surface area contributed by atoms with Gasteiger partial charge in [-0.3, -0.25) is 0 Å². The smallest absolute Gasteiger partial charge is 0.123 e. The standard InChI is InChI=1S/C17H16Cl2FN/c1-21(2)17-9-13(10-3-6-15(18)16(19)7-10)12-5-4-11(20)8-14(12)17/h3-8,13,17H,9H2,1-2H3/t13-,17-/m0/s1. The van der Waals surface area contributed by atoms with Gasteiger partial charge in [0.25, 0.3) is 0 Å². The van der Waals surface area contributed by atoms with Crippen LogP contribution in [0.1, 0.15) is 35.1 Å². The summed E-state index contributed by atoms with van der Waals surface area (Å²) in [6, 6.07) is 11.0. The minimum absolute atomic E-state index is 0.185. The van der Waals surface area contributed by atoms with Crippen LogP contribution in [0.5, 0.6) is 0 Å². The molecule has 110 valence electrons. The Hall–Kier alpha value is -1.09. The van der Waals surface area contributed by atoms with Gasteiger partial charge in [-0.05, 0) is 61.5 Å². The first-order valence-electron chi connectivity index (χ1n) is 6.88. The normalized spacial score (nSPS) is 20.9. The third-order valence-electron chi connectivity index (χ3n) is 4.21. The first-order valence-corrected chi connectivity index (χ1v) is 7.63. The summed E-state index contributed by atoms with van der Waals surface area (Å²) in [4.78, 5) is 2.13. The number of hydrogen-bond acceptors (Lipinski definition) is 1. The molecule has 0 radical (unpaired) electrons. The van der Waals surface area contributed by atoms with Gasteiger partial charge in [-0.2, -0.15) is 0 Å². The lowest BCUT2D eigenvalue weighted by atomic mass is 9.93. The Labute approximate surface area is 134 Å². The highest BCUT2D eigenvalue weighted by atomic mass is 35.5. The molecule has 0 spiro atoms. The largest absolute Gasteiger partial charge is 0.302 e. The van der Waals surface area contributed by atoms with Crippen molar-refractivity contribution in [2.24, 2.45) is 0 Å². The van der Waals surface area contributed by atoms with Crippen molar-refractivity contribution in [1.29, 1.82) is 0 Å². The molecule has 0 fully saturated rings. The molecule has 3 rings (SSSR count). The van der Waals surface area contributed by atoms with Gasteiger partial charge in [0.15, 0.2) is 0 Å². The predicted octanol–water partition coefficient (Wildman–Crippen LogP) is 5.27. The van der Waals surface area contributed by atoms with Crippen molar-refractivity contribution < 1.29 is 4.39 Å². The van der Waals surface area contributed by atoms with Gasteiger partial charge in [-0.15, -0.1) is 0 Å². The van der Waals surface area contributed by atoms with E-state index >= 15 is 0 Å². The molecule has 0 aromatic heterocycles. The highest BCUT2D eigenvalue weighted by Crippen LogP contribution is 2.46. The Kier molecular flexibility index (Phi) is 3.96. The van der Waals surface area contributed by atoms with Crippen LogP contribution >= 0.6 is 23.2 Å². The van der Waals surface area contributed by atoms with Crippen molar-refractivity contribution in [1.82, 2.24) is 4.90 Å². The molecular formula is C17H16Cl2FN. The van der Waals surface area contributed by atoms with E-state index in [-0.39, 0.29) is 17.8 Å². The van der Waals surface area contributed by atoms with Crippen LogP contribution in [0, 0.1) is 5.82 Å². The number of nitrogens with zero attached hydrogens (tertiary/aromatic N) is 1. The summed E-state index contributed by atoms with van der Waals surface area (Å²) in [6.07, 6.45) is 0.920. The maximum atomic E-state index is 13.6. The van der Waals surface area contributed by atoms with E-state index in [1.54, 1.807) is 6.07 Å². The summed E-state index contributed by atoms with van der Waals surface area (Å²) in [5, 5.41) is 1.12. The van der Waals surface area contributed by atoms with Gasteiger partial charge >= 0.3 is 0 Å². The molecule has 0 N–H and O–H groups in total. The van der Waals surface area contributed by atoms with Crippen LogP contribution in [0.15, 0.2) is 36.4 Å². The second-order valence-electron chi connectivity index (χ2n) is 5.71. The number of fused-ring (bicyclic) bond motifs is 1. The van der Waals surface area contributed by atoms with E-state index in [2.05, 4.69) is 4.90 Å². The number of benzene rings is 2. The van der Waals surface area contributed by atoms with E-state index in [1.807, 2.05) is 38.4 Å². The monoisotopic (exact) mass is 323 g/mol. The Balaban J connectivity index is 2.07. The van der Waals surface area contributed by atoms with Crippen molar-refractivity contribution in [3.05, 3.63) is 69.0 Å². The van der Waals surface area contributed by atoms with E-state index in [0.717, 1.165) is 17.5 Å². The van der Waals surface area contributed by atoms with E-state index in [1.165, 1.54) is 11.6 Å². The molecule has 0 saturated heterocycles. The molecular weight excluding hydrogens is 308 g/mol. The zero-order valence-electron chi connectivity index (χ0n) is 11.9. The van der Waals surface area contributed by atoms with Crippen molar-refractivity contribution in [2.75, 3.05) is 14.1 Å². The highest BCUT2D eigenvalue weighted by Gasteiger charge is 2.33. The quantitative estimate of drug-likeness (QED) is 0.727. The van der Waals surface area contributed by atoms with Gasteiger partial charge in [0.1, 0.15) is 5.82 Å². The third kappa shape index (κ3) is 2.68. The molecule has 2 atom stereocenters. The van der Waals surface area contributed by atoms with Crippen molar-refractivity contribution in [3.8, 4) is 0 Å². The maximum absolute atomic E-state index is 13.6. The molecule has 0 bridgehead atoms. The van der Waals surface area contributed by atoms with Crippen molar-refractivity contribution in [2.45, 2.75) is 18.4 Å². The van der Waals surface area contributed by atoms with E-state index in [0.29, 0.717) is 10.0 Å². The Bertz CT molecular complexity index is 684. The van der Waals surface area contributed by atoms with Crippen LogP contribution in [0.4, 0.5) is 4.39 Å².